The number of nitrogens with one attached hydrogen (secondary N) is 1. The number of carbonyl (C=O) groups is 3. The zero-order chi connectivity index (χ0) is 48.5. The minimum absolute atomic E-state index is 0.00816. The smallest absolute Gasteiger partial charge is 0.319 e. The van der Waals surface area contributed by atoms with Gasteiger partial charge in [0.2, 0.25) is 11.8 Å². The molecule has 1 aliphatic carbocycles. The molecule has 0 bridgehead atoms. The number of hydrogen-bond donors (Lipinski definition) is 3. The first-order valence-corrected chi connectivity index (χ1v) is 25.1. The van der Waals surface area contributed by atoms with Gasteiger partial charge in [0.1, 0.15) is 34.6 Å². The van der Waals surface area contributed by atoms with Crippen LogP contribution in [0.1, 0.15) is 86.7 Å². The summed E-state index contributed by atoms with van der Waals surface area (Å²) in [5, 5.41) is 25.6. The number of β-amino-alcohol motifs (C(OH)–C–C–N with tert-alkyl or cyclic N) is 1. The molecule has 1 saturated carbocycles. The first-order chi connectivity index (χ1) is 33.7. The number of imide groups is 1. The summed E-state index contributed by atoms with van der Waals surface area (Å²) in [6.45, 7) is 13.0. The van der Waals surface area contributed by atoms with Gasteiger partial charge in [-0.1, -0.05) is 13.0 Å². The monoisotopic (exact) mass is 957 g/mol. The third-order valence-corrected chi connectivity index (χ3v) is 15.9. The Labute approximate surface area is 405 Å². The Kier molecular flexibility index (Phi) is 12.1. The second-order valence-corrected chi connectivity index (χ2v) is 21.0. The van der Waals surface area contributed by atoms with Gasteiger partial charge in [-0.15, -0.1) is 0 Å². The minimum Gasteiger partial charge on any atom is -0.508 e. The molecule has 17 heteroatoms. The van der Waals surface area contributed by atoms with Crippen LogP contribution in [0.25, 0.3) is 32.9 Å². The molecule has 3 N–H and O–H groups in total. The van der Waals surface area contributed by atoms with E-state index in [9.17, 15) is 24.6 Å². The van der Waals surface area contributed by atoms with Crippen LogP contribution in [-0.2, 0) is 22.6 Å². The maximum Gasteiger partial charge on any atom is 0.319 e. The lowest BCUT2D eigenvalue weighted by molar-refractivity contribution is -0.136. The quantitative estimate of drug-likeness (QED) is 0.121. The lowest BCUT2D eigenvalue weighted by atomic mass is 9.94. The van der Waals surface area contributed by atoms with Crippen molar-refractivity contribution in [3.8, 4) is 23.0 Å². The summed E-state index contributed by atoms with van der Waals surface area (Å²) in [6.07, 6.45) is 8.01. The van der Waals surface area contributed by atoms with Gasteiger partial charge in [-0.2, -0.15) is 9.97 Å². The highest BCUT2D eigenvalue weighted by Gasteiger charge is 2.46. The average molecular weight is 958 g/mol. The highest BCUT2D eigenvalue weighted by molar-refractivity contribution is 6.06. The number of benzene rings is 3. The second-order valence-electron chi connectivity index (χ2n) is 21.0. The van der Waals surface area contributed by atoms with Crippen LogP contribution in [0.2, 0.25) is 0 Å². The molecule has 3 amide bonds. The molecule has 5 fully saturated rings. The SMILES string of the molecule is CCc1c(F)ccc2cc(O)cc(-c3ncc4c(N5CCC[C@@](C)(O)C5)nc(OCC5(CN6CCN(CC7CCN(c8ccc9c(c8)CN([C@H]8CCC(=O)NC8=O)C9=O)CC7)CC6)CC5)nc4c3F)c12. The van der Waals surface area contributed by atoms with E-state index in [-0.39, 0.29) is 52.2 Å². The van der Waals surface area contributed by atoms with E-state index in [2.05, 4.69) is 36.1 Å². The molecule has 368 valence electrons. The Hall–Kier alpha value is -6.04. The molecule has 4 saturated heterocycles. The molecule has 5 aromatic rings. The number of fused-ring (bicyclic) bond motifs is 3. The molecule has 5 aliphatic heterocycles. The van der Waals surface area contributed by atoms with Gasteiger partial charge < -0.3 is 39.4 Å². The molecular weight excluding hydrogens is 897 g/mol. The third-order valence-electron chi connectivity index (χ3n) is 15.9. The third kappa shape index (κ3) is 9.00. The Bertz CT molecular complexity index is 2900. The standard InChI is InChI=1S/C53H61F2N9O6/c1-3-37-41(54)8-5-33-24-36(65)25-39(44(33)37)46-45(55)47-40(26-56-46)48(63-16-4-13-52(2,69)29-63)59-51(58-47)70-31-53(14-15-53)30-61-21-19-60(20-22-61)27-32-11-17-62(18-12-32)35-6-7-38-34(23-35)28-64(50(38)68)42-9-10-43(66)57-49(42)67/h5-8,23-26,32,42,65,69H,3-4,9-22,27-31H2,1-2H3,(H,57,66,67)/t42-,52+/m0/s1. The predicted molar refractivity (Wildman–Crippen MR) is 261 cm³/mol. The topological polar surface area (TPSA) is 168 Å². The van der Waals surface area contributed by atoms with Crippen LogP contribution in [0.5, 0.6) is 11.8 Å². The van der Waals surface area contributed by atoms with Gasteiger partial charge in [-0.05, 0) is 123 Å². The number of aromatic hydroxyl groups is 1. The van der Waals surface area contributed by atoms with Gasteiger partial charge in [0, 0.05) is 107 Å². The van der Waals surface area contributed by atoms with E-state index in [4.69, 9.17) is 9.72 Å². The van der Waals surface area contributed by atoms with Crippen LogP contribution in [0.3, 0.4) is 0 Å². The van der Waals surface area contributed by atoms with E-state index in [0.29, 0.717) is 84.5 Å². The number of phenolic OH excluding ortho intramolecular Hbond substituents is 1. The lowest BCUT2D eigenvalue weighted by Crippen LogP contribution is -2.52. The van der Waals surface area contributed by atoms with Gasteiger partial charge >= 0.3 is 6.01 Å². The maximum absolute atomic E-state index is 17.1. The molecule has 0 spiro atoms. The molecule has 6 aliphatic rings. The van der Waals surface area contributed by atoms with Crippen LogP contribution in [0, 0.1) is 23.0 Å². The van der Waals surface area contributed by atoms with E-state index in [0.717, 1.165) is 95.7 Å². The summed E-state index contributed by atoms with van der Waals surface area (Å²) >= 11 is 0. The van der Waals surface area contributed by atoms with Crippen LogP contribution in [0.4, 0.5) is 20.3 Å². The van der Waals surface area contributed by atoms with E-state index in [1.165, 1.54) is 24.4 Å². The van der Waals surface area contributed by atoms with Gasteiger partial charge in [-0.3, -0.25) is 24.7 Å². The average Bonchev–Trinajstić information content (AvgIpc) is 4.04. The number of halogens is 2. The number of aliphatic hydroxyl groups is 1. The van der Waals surface area contributed by atoms with Crippen molar-refractivity contribution in [1.82, 2.24) is 35.0 Å². The van der Waals surface area contributed by atoms with Crippen molar-refractivity contribution >= 4 is 50.9 Å². The highest BCUT2D eigenvalue weighted by Crippen LogP contribution is 2.47. The molecule has 2 aromatic heterocycles. The number of rotatable bonds is 12. The normalized spacial score (nSPS) is 23.4. The summed E-state index contributed by atoms with van der Waals surface area (Å²) < 4.78 is 38.8. The van der Waals surface area contributed by atoms with E-state index in [1.807, 2.05) is 24.0 Å². The van der Waals surface area contributed by atoms with Crippen molar-refractivity contribution in [1.29, 1.82) is 0 Å². The van der Waals surface area contributed by atoms with Crippen molar-refractivity contribution in [2.24, 2.45) is 11.3 Å². The number of pyridine rings is 1. The molecule has 2 atom stereocenters. The number of piperidine rings is 3. The molecule has 11 rings (SSSR count). The fraction of sp³-hybridized carbons (Fsp3) is 0.509. The lowest BCUT2D eigenvalue weighted by Gasteiger charge is -2.40. The number of nitrogens with zero attached hydrogens (tertiary/aromatic N) is 8. The van der Waals surface area contributed by atoms with Crippen molar-refractivity contribution in [3.05, 3.63) is 77.0 Å². The number of amides is 3. The molecule has 3 aromatic carbocycles. The Morgan fingerprint density at radius 2 is 1.67 bits per heavy atom. The number of phenols is 1. The summed E-state index contributed by atoms with van der Waals surface area (Å²) in [4.78, 5) is 62.7. The Balaban J connectivity index is 0.723. The summed E-state index contributed by atoms with van der Waals surface area (Å²) in [5.41, 5.74) is 2.26. The zero-order valence-corrected chi connectivity index (χ0v) is 40.0. The van der Waals surface area contributed by atoms with Crippen LogP contribution < -0.4 is 19.9 Å². The van der Waals surface area contributed by atoms with Crippen molar-refractivity contribution < 1.29 is 38.1 Å². The molecule has 15 nitrogen and oxygen atoms in total. The van der Waals surface area contributed by atoms with Gasteiger partial charge in [-0.25, -0.2) is 8.78 Å². The number of carbonyl (C=O) groups excluding carboxylic acids is 3. The first kappa shape index (κ1) is 46.3. The fourth-order valence-electron chi connectivity index (χ4n) is 11.8. The number of hydrogen-bond acceptors (Lipinski definition) is 13. The fourth-order valence-corrected chi connectivity index (χ4v) is 11.8. The number of ether oxygens (including phenoxy) is 1. The number of aromatic nitrogens is 3. The second kappa shape index (κ2) is 18.3. The molecule has 7 heterocycles. The van der Waals surface area contributed by atoms with Crippen molar-refractivity contribution in [2.75, 3.05) is 81.9 Å². The number of anilines is 2. The summed E-state index contributed by atoms with van der Waals surface area (Å²) in [7, 11) is 0. The largest absolute Gasteiger partial charge is 0.508 e. The Morgan fingerprint density at radius 3 is 2.41 bits per heavy atom. The van der Waals surface area contributed by atoms with Crippen molar-refractivity contribution in [2.45, 2.75) is 89.8 Å². The van der Waals surface area contributed by atoms with E-state index < -0.39 is 29.2 Å². The van der Waals surface area contributed by atoms with E-state index >= 15 is 8.78 Å². The first-order valence-electron chi connectivity index (χ1n) is 25.1. The van der Waals surface area contributed by atoms with Crippen LogP contribution in [0.15, 0.2) is 48.7 Å². The van der Waals surface area contributed by atoms with Gasteiger partial charge in [0.15, 0.2) is 5.82 Å². The highest BCUT2D eigenvalue weighted by atomic mass is 19.1. The molecular formula is C53H61F2N9O6. The zero-order valence-electron chi connectivity index (χ0n) is 40.0. The summed E-state index contributed by atoms with van der Waals surface area (Å²) in [5.74, 6) is -1.03. The minimum atomic E-state index is -0.968. The predicted octanol–water partition coefficient (Wildman–Crippen LogP) is 6.20. The van der Waals surface area contributed by atoms with Gasteiger partial charge in [0.05, 0.1) is 17.6 Å². The maximum atomic E-state index is 17.1. The Morgan fingerprint density at radius 1 is 0.886 bits per heavy atom. The van der Waals surface area contributed by atoms with Gasteiger partial charge in [0.25, 0.3) is 5.91 Å². The molecule has 0 radical (unpaired) electrons. The number of piperazine rings is 1. The van der Waals surface area contributed by atoms with Crippen LogP contribution in [-0.4, -0.2) is 141 Å². The van der Waals surface area contributed by atoms with E-state index in [1.54, 1.807) is 17.9 Å². The van der Waals surface area contributed by atoms with Crippen LogP contribution >= 0.6 is 0 Å². The summed E-state index contributed by atoms with van der Waals surface area (Å²) in [6, 6.07) is 11.3. The molecule has 0 unspecified atom stereocenters. The molecule has 70 heavy (non-hydrogen) atoms. The van der Waals surface area contributed by atoms with Crippen molar-refractivity contribution in [3.63, 3.8) is 0 Å². The number of aryl methyl sites for hydroxylation is 1.